The summed E-state index contributed by atoms with van der Waals surface area (Å²) in [5, 5.41) is 0. The van der Waals surface area contributed by atoms with Crippen molar-refractivity contribution in [3.8, 4) is 11.3 Å². The number of nitrogens with two attached hydrogens (primary N) is 1. The second kappa shape index (κ2) is 5.43. The van der Waals surface area contributed by atoms with Crippen molar-refractivity contribution in [2.75, 3.05) is 32.5 Å². The van der Waals surface area contributed by atoms with Crippen LogP contribution < -0.4 is 5.73 Å². The Hall–Kier alpha value is -2.13. The van der Waals surface area contributed by atoms with E-state index in [-0.39, 0.29) is 5.54 Å². The molecular weight excluding hydrogens is 407 g/mol. The van der Waals surface area contributed by atoms with Gasteiger partial charge in [0, 0.05) is 67.9 Å². The number of imidazole rings is 1. The Balaban J connectivity index is 1.22. The molecule has 2 aromatic heterocycles. The molecule has 2 saturated heterocycles. The Morgan fingerprint density at radius 2 is 2.06 bits per heavy atom. The molecule has 7 fully saturated rings. The molecule has 4 unspecified atom stereocenters. The molecular formula is C22H24F3N5O. The van der Waals surface area contributed by atoms with Gasteiger partial charge in [-0.3, -0.25) is 4.90 Å². The molecule has 2 aromatic rings. The lowest BCUT2D eigenvalue weighted by Crippen LogP contribution is -2.52. The summed E-state index contributed by atoms with van der Waals surface area (Å²) in [4.78, 5) is 11.2. The lowest BCUT2D eigenvalue weighted by atomic mass is 9.72. The minimum atomic E-state index is -4.53. The summed E-state index contributed by atoms with van der Waals surface area (Å²) in [6.07, 6.45) is 2.19. The van der Waals surface area contributed by atoms with Gasteiger partial charge < -0.3 is 15.0 Å². The number of nitrogen functional groups attached to an aromatic ring is 1. The van der Waals surface area contributed by atoms with Gasteiger partial charge in [-0.15, -0.1) is 0 Å². The van der Waals surface area contributed by atoms with Crippen molar-refractivity contribution in [3.05, 3.63) is 29.8 Å². The number of fused-ring (bicyclic) bond motifs is 1. The first-order valence-corrected chi connectivity index (χ1v) is 11.0. The number of rotatable bonds is 7. The van der Waals surface area contributed by atoms with Crippen molar-refractivity contribution in [1.29, 1.82) is 0 Å². The van der Waals surface area contributed by atoms with E-state index in [1.807, 2.05) is 6.20 Å². The first-order valence-electron chi connectivity index (χ1n) is 11.0. The third-order valence-corrected chi connectivity index (χ3v) is 8.65. The molecule has 1 spiro atoms. The summed E-state index contributed by atoms with van der Waals surface area (Å²) in [5.74, 6) is 2.52. The number of aromatic nitrogens is 3. The van der Waals surface area contributed by atoms with E-state index < -0.39 is 17.6 Å². The van der Waals surface area contributed by atoms with E-state index in [2.05, 4.69) is 14.5 Å². The lowest BCUT2D eigenvalue weighted by Gasteiger charge is -2.43. The van der Waals surface area contributed by atoms with Gasteiger partial charge in [0.15, 0.2) is 0 Å². The average Bonchev–Trinajstić information content (AvgIpc) is 3.55. The highest BCUT2D eigenvalue weighted by Gasteiger charge is 3.14. The molecule has 2 aliphatic heterocycles. The van der Waals surface area contributed by atoms with Crippen molar-refractivity contribution in [3.63, 3.8) is 0 Å². The molecule has 6 nitrogen and oxygen atoms in total. The van der Waals surface area contributed by atoms with Crippen LogP contribution in [0.5, 0.6) is 0 Å². The van der Waals surface area contributed by atoms with E-state index in [0.29, 0.717) is 40.5 Å². The van der Waals surface area contributed by atoms with Crippen LogP contribution in [0.4, 0.5) is 19.0 Å². The van der Waals surface area contributed by atoms with Gasteiger partial charge in [-0.1, -0.05) is 0 Å². The van der Waals surface area contributed by atoms with Gasteiger partial charge in [0.1, 0.15) is 11.6 Å². The summed E-state index contributed by atoms with van der Waals surface area (Å²) in [6.45, 7) is 2.84. The van der Waals surface area contributed by atoms with Crippen LogP contribution in [-0.4, -0.2) is 52.3 Å². The van der Waals surface area contributed by atoms with Crippen LogP contribution in [0, 0.1) is 23.2 Å². The summed E-state index contributed by atoms with van der Waals surface area (Å²) in [6, 6.07) is 1.73. The molecule has 4 heterocycles. The molecule has 5 aliphatic carbocycles. The van der Waals surface area contributed by atoms with Gasteiger partial charge in [-0.05, 0) is 24.8 Å². The number of anilines is 1. The minimum Gasteiger partial charge on any atom is -0.383 e. The van der Waals surface area contributed by atoms with Gasteiger partial charge in [0.05, 0.1) is 23.4 Å². The van der Waals surface area contributed by atoms with E-state index in [1.165, 1.54) is 19.0 Å². The number of halogens is 3. The number of ether oxygens (including phenoxy) is 1. The van der Waals surface area contributed by atoms with Crippen molar-refractivity contribution >= 4 is 5.82 Å². The number of methoxy groups -OCH3 is 1. The van der Waals surface area contributed by atoms with Crippen molar-refractivity contribution < 1.29 is 17.9 Å². The van der Waals surface area contributed by atoms with E-state index in [4.69, 9.17) is 15.5 Å². The first kappa shape index (κ1) is 18.4. The van der Waals surface area contributed by atoms with Crippen LogP contribution in [0.2, 0.25) is 0 Å². The fourth-order valence-corrected chi connectivity index (χ4v) is 7.16. The number of alkyl halides is 3. The molecule has 7 aliphatic rings. The van der Waals surface area contributed by atoms with Crippen molar-refractivity contribution in [1.82, 2.24) is 19.4 Å². The zero-order valence-electron chi connectivity index (χ0n) is 17.2. The van der Waals surface area contributed by atoms with E-state index in [0.717, 1.165) is 38.0 Å². The van der Waals surface area contributed by atoms with Crippen LogP contribution in [-0.2, 0) is 22.9 Å². The molecule has 4 bridgehead atoms. The van der Waals surface area contributed by atoms with Crippen LogP contribution in [0.25, 0.3) is 11.3 Å². The molecule has 31 heavy (non-hydrogen) atoms. The molecule has 0 aromatic carbocycles. The van der Waals surface area contributed by atoms with Crippen LogP contribution in [0.3, 0.4) is 0 Å². The Morgan fingerprint density at radius 3 is 2.68 bits per heavy atom. The quantitative estimate of drug-likeness (QED) is 0.730. The SMILES string of the molecule is COCCN1CC23C4C1[C@@H]2C43n1cc(-c2cnc(N)c(C(F)(F)F)c2)nc1CC1CC1. The maximum absolute atomic E-state index is 13.3. The Morgan fingerprint density at radius 1 is 1.29 bits per heavy atom. The topological polar surface area (TPSA) is 69.2 Å². The number of hydrogen-bond acceptors (Lipinski definition) is 5. The van der Waals surface area contributed by atoms with Crippen molar-refractivity contribution in [2.45, 2.75) is 37.0 Å². The Labute approximate surface area is 177 Å². The minimum absolute atomic E-state index is 0.171. The molecule has 9 rings (SSSR count). The highest BCUT2D eigenvalue weighted by molar-refractivity contribution is 5.66. The zero-order chi connectivity index (χ0) is 21.3. The zero-order valence-corrected chi connectivity index (χ0v) is 17.2. The average molecular weight is 431 g/mol. The Kier molecular flexibility index (Phi) is 3.23. The third-order valence-electron chi connectivity index (χ3n) is 8.65. The summed E-state index contributed by atoms with van der Waals surface area (Å²) in [5.41, 5.74) is 6.09. The molecule has 0 radical (unpaired) electrons. The predicted molar refractivity (Wildman–Crippen MR) is 106 cm³/mol. The molecule has 5 saturated carbocycles. The number of nitrogens with zero attached hydrogens (tertiary/aromatic N) is 4. The highest BCUT2D eigenvalue weighted by atomic mass is 19.4. The number of piperidine rings is 2. The van der Waals surface area contributed by atoms with Gasteiger partial charge in [-0.25, -0.2) is 9.97 Å². The maximum atomic E-state index is 13.3. The first-order chi connectivity index (χ1) is 14.8. The summed E-state index contributed by atoms with van der Waals surface area (Å²) >= 11 is 0. The van der Waals surface area contributed by atoms with Gasteiger partial charge in [0.25, 0.3) is 0 Å². The summed E-state index contributed by atoms with van der Waals surface area (Å²) in [7, 11) is 1.74. The molecule has 9 heteroatoms. The van der Waals surface area contributed by atoms with Crippen molar-refractivity contribution in [2.24, 2.45) is 23.2 Å². The van der Waals surface area contributed by atoms with E-state index in [9.17, 15) is 13.2 Å². The summed E-state index contributed by atoms with van der Waals surface area (Å²) < 4.78 is 47.6. The largest absolute Gasteiger partial charge is 0.419 e. The third kappa shape index (κ3) is 2.03. The van der Waals surface area contributed by atoms with E-state index in [1.54, 1.807) is 7.11 Å². The molecule has 5 atom stereocenters. The molecule has 0 amide bonds. The molecule has 2 N–H and O–H groups in total. The van der Waals surface area contributed by atoms with Crippen LogP contribution >= 0.6 is 0 Å². The predicted octanol–water partition coefficient (Wildman–Crippen LogP) is 2.78. The fourth-order valence-electron chi connectivity index (χ4n) is 7.16. The lowest BCUT2D eigenvalue weighted by molar-refractivity contribution is -0.137. The van der Waals surface area contributed by atoms with Crippen LogP contribution in [0.15, 0.2) is 18.5 Å². The van der Waals surface area contributed by atoms with Gasteiger partial charge in [0.2, 0.25) is 0 Å². The van der Waals surface area contributed by atoms with Gasteiger partial charge >= 0.3 is 6.18 Å². The second-order valence-corrected chi connectivity index (χ2v) is 9.99. The molecule has 164 valence electrons. The standard InChI is InChI=1S/C22H24F3N5O/c1-31-5-4-29-10-20-17-16(29)18(20)21(17,20)30-9-14(28-15(30)6-11-2-3-11)12-7-13(22(23,24)25)19(26)27-8-12/h7-9,11,16-18H,2-6,10H2,1H3,(H2,26,27)/t16?,17-,18?,20?,21?/m0/s1. The normalized spacial score (nSPS) is 37.0. The fraction of sp³-hybridized carbons (Fsp3) is 0.636. The van der Waals surface area contributed by atoms with Crippen LogP contribution in [0.1, 0.15) is 24.2 Å². The highest BCUT2D eigenvalue weighted by Crippen LogP contribution is 3.06. The number of hydrogen-bond donors (Lipinski definition) is 1. The maximum Gasteiger partial charge on any atom is 0.419 e. The smallest absolute Gasteiger partial charge is 0.383 e. The van der Waals surface area contributed by atoms with E-state index >= 15 is 0 Å². The second-order valence-electron chi connectivity index (χ2n) is 9.99. The monoisotopic (exact) mass is 431 g/mol. The van der Waals surface area contributed by atoms with Gasteiger partial charge in [-0.2, -0.15) is 13.2 Å². The Bertz CT molecular complexity index is 1100. The number of pyridine rings is 1.